The minimum atomic E-state index is -4.31. The molecule has 1 atom stereocenters. The summed E-state index contributed by atoms with van der Waals surface area (Å²) in [6.07, 6.45) is -4.31. The van der Waals surface area contributed by atoms with Gasteiger partial charge in [0.2, 0.25) is 0 Å². The number of hydrogen-bond acceptors (Lipinski definition) is 3. The Labute approximate surface area is 138 Å². The van der Waals surface area contributed by atoms with Gasteiger partial charge in [0.15, 0.2) is 0 Å². The third kappa shape index (κ3) is 7.49. The van der Waals surface area contributed by atoms with Gasteiger partial charge in [0.1, 0.15) is 19.0 Å². The third-order valence-corrected chi connectivity index (χ3v) is 3.81. The van der Waals surface area contributed by atoms with Crippen LogP contribution in [0.2, 0.25) is 0 Å². The molecule has 8 heteroatoms. The molecule has 1 rings (SSSR count). The lowest BCUT2D eigenvalue weighted by atomic mass is 10.1. The number of alkyl halides is 4. The van der Waals surface area contributed by atoms with Crippen LogP contribution in [0, 0.1) is 0 Å². The lowest BCUT2D eigenvalue weighted by Gasteiger charge is -2.14. The van der Waals surface area contributed by atoms with Crippen molar-refractivity contribution >= 4 is 31.9 Å². The van der Waals surface area contributed by atoms with Crippen LogP contribution in [-0.4, -0.2) is 39.7 Å². The van der Waals surface area contributed by atoms with Crippen molar-refractivity contribution in [3.05, 3.63) is 28.2 Å². The summed E-state index contributed by atoms with van der Waals surface area (Å²) < 4.78 is 51.7. The zero-order valence-electron chi connectivity index (χ0n) is 11.3. The van der Waals surface area contributed by atoms with E-state index < -0.39 is 12.8 Å². The molecule has 0 aliphatic carbocycles. The summed E-state index contributed by atoms with van der Waals surface area (Å²) in [7, 11) is 1.58. The second kappa shape index (κ2) is 8.97. The largest absolute Gasteiger partial charge is 0.490 e. The molecule has 3 nitrogen and oxygen atoms in total. The molecule has 1 unspecified atom stereocenters. The fourth-order valence-electron chi connectivity index (χ4n) is 1.44. The average molecular weight is 436 g/mol. The molecule has 0 heterocycles. The fourth-order valence-corrected chi connectivity index (χ4v) is 2.42. The number of hydrogen-bond donors (Lipinski definition) is 0. The summed E-state index contributed by atoms with van der Waals surface area (Å²) in [5, 5.41) is 0. The highest BCUT2D eigenvalue weighted by Gasteiger charge is 2.27. The first kappa shape index (κ1) is 18.7. The van der Waals surface area contributed by atoms with Crippen LogP contribution < -0.4 is 4.74 Å². The Morgan fingerprint density at radius 1 is 1.24 bits per heavy atom. The molecule has 0 aliphatic heterocycles. The van der Waals surface area contributed by atoms with Crippen molar-refractivity contribution in [3.8, 4) is 5.75 Å². The molecular weight excluding hydrogens is 421 g/mol. The van der Waals surface area contributed by atoms with Crippen LogP contribution in [0.1, 0.15) is 10.4 Å². The number of benzene rings is 1. The molecule has 1 aromatic rings. The number of rotatable bonds is 8. The summed E-state index contributed by atoms with van der Waals surface area (Å²) in [6, 6.07) is 5.29. The first-order valence-corrected chi connectivity index (χ1v) is 7.74. The van der Waals surface area contributed by atoms with E-state index in [4.69, 9.17) is 9.47 Å². The highest BCUT2D eigenvalue weighted by Crippen LogP contribution is 2.32. The lowest BCUT2D eigenvalue weighted by Crippen LogP contribution is -2.18. The number of halogens is 5. The van der Waals surface area contributed by atoms with Crippen molar-refractivity contribution in [2.75, 3.05) is 33.5 Å². The van der Waals surface area contributed by atoms with Crippen LogP contribution in [0.5, 0.6) is 5.75 Å². The van der Waals surface area contributed by atoms with Crippen molar-refractivity contribution in [2.24, 2.45) is 0 Å². The molecule has 0 amide bonds. The Kier molecular flexibility index (Phi) is 8.00. The summed E-state index contributed by atoms with van der Waals surface area (Å²) >= 11 is 6.66. The zero-order valence-corrected chi connectivity index (χ0v) is 14.4. The van der Waals surface area contributed by atoms with Crippen LogP contribution in [0.15, 0.2) is 22.7 Å². The molecule has 0 fully saturated rings. The van der Waals surface area contributed by atoms with E-state index in [0.717, 1.165) is 10.0 Å². The second-order valence-electron chi connectivity index (χ2n) is 4.13. The molecule has 1 aromatic carbocycles. The Morgan fingerprint density at radius 2 is 1.95 bits per heavy atom. The molecule has 0 aromatic heterocycles. The van der Waals surface area contributed by atoms with Gasteiger partial charge in [-0.15, -0.1) is 0 Å². The van der Waals surface area contributed by atoms with Gasteiger partial charge in [0.25, 0.3) is 0 Å². The molecule has 0 saturated heterocycles. The van der Waals surface area contributed by atoms with E-state index in [0.29, 0.717) is 19.0 Å². The highest BCUT2D eigenvalue weighted by atomic mass is 79.9. The summed E-state index contributed by atoms with van der Waals surface area (Å²) in [6.45, 7) is -0.439. The smallest absolute Gasteiger partial charge is 0.411 e. The van der Waals surface area contributed by atoms with Gasteiger partial charge >= 0.3 is 6.18 Å². The highest BCUT2D eigenvalue weighted by molar-refractivity contribution is 9.10. The predicted octanol–water partition coefficient (Wildman–Crippen LogP) is 4.49. The first-order chi connectivity index (χ1) is 9.83. The minimum Gasteiger partial charge on any atom is -0.490 e. The Morgan fingerprint density at radius 3 is 2.52 bits per heavy atom. The van der Waals surface area contributed by atoms with Gasteiger partial charge in [-0.3, -0.25) is 0 Å². The second-order valence-corrected chi connectivity index (χ2v) is 6.09. The Balaban J connectivity index is 2.53. The predicted molar refractivity (Wildman–Crippen MR) is 80.1 cm³/mol. The minimum absolute atomic E-state index is 0.0736. The molecule has 0 bridgehead atoms. The van der Waals surface area contributed by atoms with Gasteiger partial charge in [-0.1, -0.05) is 22.0 Å². The van der Waals surface area contributed by atoms with E-state index in [9.17, 15) is 13.2 Å². The number of methoxy groups -OCH3 is 1. The van der Waals surface area contributed by atoms with Crippen molar-refractivity contribution < 1.29 is 27.4 Å². The normalized spacial score (nSPS) is 13.2. The van der Waals surface area contributed by atoms with E-state index in [-0.39, 0.29) is 11.4 Å². The van der Waals surface area contributed by atoms with E-state index in [2.05, 4.69) is 36.6 Å². The van der Waals surface area contributed by atoms with Crippen LogP contribution in [0.4, 0.5) is 13.2 Å². The van der Waals surface area contributed by atoms with Crippen molar-refractivity contribution in [1.82, 2.24) is 0 Å². The fraction of sp³-hybridized carbons (Fsp3) is 0.538. The van der Waals surface area contributed by atoms with E-state index in [1.165, 1.54) is 0 Å². The van der Waals surface area contributed by atoms with Gasteiger partial charge in [-0.25, -0.2) is 0 Å². The summed E-state index contributed by atoms with van der Waals surface area (Å²) in [4.78, 5) is -0.329. The molecule has 120 valence electrons. The maximum atomic E-state index is 12.0. The van der Waals surface area contributed by atoms with Gasteiger partial charge < -0.3 is 14.2 Å². The molecule has 0 N–H and O–H groups in total. The quantitative estimate of drug-likeness (QED) is 0.444. The lowest BCUT2D eigenvalue weighted by molar-refractivity contribution is -0.173. The van der Waals surface area contributed by atoms with Crippen molar-refractivity contribution in [1.29, 1.82) is 0 Å². The monoisotopic (exact) mass is 434 g/mol. The van der Waals surface area contributed by atoms with Crippen molar-refractivity contribution in [3.63, 3.8) is 0 Å². The SMILES string of the molecule is COCCOc1ccc(C(Br)COCC(F)(F)F)cc1Br. The molecule has 21 heavy (non-hydrogen) atoms. The molecule has 0 saturated carbocycles. The summed E-state index contributed by atoms with van der Waals surface area (Å²) in [5.41, 5.74) is 0.795. The van der Waals surface area contributed by atoms with Gasteiger partial charge in [0.05, 0.1) is 22.5 Å². The van der Waals surface area contributed by atoms with Crippen LogP contribution in [0.25, 0.3) is 0 Å². The maximum absolute atomic E-state index is 12.0. The Hall–Kier alpha value is -0.310. The van der Waals surface area contributed by atoms with Crippen LogP contribution in [0.3, 0.4) is 0 Å². The maximum Gasteiger partial charge on any atom is 0.411 e. The zero-order chi connectivity index (χ0) is 15.9. The first-order valence-electron chi connectivity index (χ1n) is 6.03. The van der Waals surface area contributed by atoms with E-state index in [1.54, 1.807) is 25.3 Å². The van der Waals surface area contributed by atoms with E-state index >= 15 is 0 Å². The third-order valence-electron chi connectivity index (χ3n) is 2.39. The Bertz CT molecular complexity index is 441. The average Bonchev–Trinajstić information content (AvgIpc) is 2.39. The van der Waals surface area contributed by atoms with Crippen molar-refractivity contribution in [2.45, 2.75) is 11.0 Å². The van der Waals surface area contributed by atoms with Crippen LogP contribution in [-0.2, 0) is 9.47 Å². The molecular formula is C13H15Br2F3O3. The van der Waals surface area contributed by atoms with Gasteiger partial charge in [-0.2, -0.15) is 13.2 Å². The van der Waals surface area contributed by atoms with Gasteiger partial charge in [0, 0.05) is 7.11 Å². The van der Waals surface area contributed by atoms with Gasteiger partial charge in [-0.05, 0) is 33.6 Å². The van der Waals surface area contributed by atoms with E-state index in [1.807, 2.05) is 0 Å². The molecule has 0 aliphatic rings. The molecule has 0 spiro atoms. The summed E-state index contributed by atoms with van der Waals surface area (Å²) in [5.74, 6) is 0.645. The van der Waals surface area contributed by atoms with Crippen LogP contribution >= 0.6 is 31.9 Å². The molecule has 0 radical (unpaired) electrons. The topological polar surface area (TPSA) is 27.7 Å². The standard InChI is InChI=1S/C13H15Br2F3O3/c1-19-4-5-21-12-3-2-9(6-10(12)14)11(15)7-20-8-13(16,17)18/h2-3,6,11H,4-5,7-8H2,1H3. The number of ether oxygens (including phenoxy) is 3.